The van der Waals surface area contributed by atoms with Crippen molar-refractivity contribution in [2.24, 2.45) is 17.6 Å². The first-order valence-corrected chi connectivity index (χ1v) is 10.4. The number of nitrogens with zero attached hydrogens (tertiary/aromatic N) is 1. The van der Waals surface area contributed by atoms with Gasteiger partial charge in [-0.2, -0.15) is 0 Å². The number of fused-ring (bicyclic) bond motifs is 3. The van der Waals surface area contributed by atoms with E-state index in [4.69, 9.17) is 5.73 Å². The Morgan fingerprint density at radius 1 is 1.22 bits per heavy atom. The molecule has 4 atom stereocenters. The molecule has 1 fully saturated rings. The molecule has 0 aliphatic heterocycles. The topological polar surface area (TPSA) is 161 Å². The number of hydrogen-bond acceptors (Lipinski definition) is 8. The van der Waals surface area contributed by atoms with E-state index in [-0.39, 0.29) is 23.3 Å². The number of rotatable bonds is 3. The van der Waals surface area contributed by atoms with E-state index in [0.29, 0.717) is 18.4 Å². The monoisotopic (exact) mass is 442 g/mol. The van der Waals surface area contributed by atoms with Gasteiger partial charge in [-0.25, -0.2) is 0 Å². The first-order valence-electron chi connectivity index (χ1n) is 10.4. The standard InChI is InChI=1S/C23H26N2O7/c1-4-9-5-6-13(26)15-11(9)7-10-8-12-17(25(2)3)19(28)16(22(24)31)21(30)23(12,32)20(29)14(10)18(15)27/h5-6,10,12,17,26-27,30,32H,4,7-8H2,1-3H3,(H2,24,31)/t10-,12+,17+,23-/m0/s1. The van der Waals surface area contributed by atoms with Crippen molar-refractivity contribution in [2.45, 2.75) is 37.8 Å². The van der Waals surface area contributed by atoms with Crippen LogP contribution in [0, 0.1) is 11.8 Å². The molecule has 0 radical (unpaired) electrons. The van der Waals surface area contributed by atoms with Gasteiger partial charge >= 0.3 is 0 Å². The number of nitrogens with two attached hydrogens (primary N) is 1. The Kier molecular flexibility index (Phi) is 4.94. The number of carbonyl (C=O) groups excluding carboxylic acids is 3. The summed E-state index contributed by atoms with van der Waals surface area (Å²) in [7, 11) is 3.14. The van der Waals surface area contributed by atoms with Gasteiger partial charge in [0.2, 0.25) is 5.78 Å². The van der Waals surface area contributed by atoms with E-state index < -0.39 is 58.0 Å². The molecule has 9 nitrogen and oxygen atoms in total. The maximum atomic E-state index is 13.6. The fraction of sp³-hybridized carbons (Fsp3) is 0.435. The molecule has 6 N–H and O–H groups in total. The van der Waals surface area contributed by atoms with E-state index in [1.165, 1.54) is 11.0 Å². The number of Topliss-reactive ketones (excluding diaryl/α,β-unsaturated/α-hetero) is 2. The summed E-state index contributed by atoms with van der Waals surface area (Å²) in [6.07, 6.45) is 1.04. The number of benzene rings is 1. The molecule has 32 heavy (non-hydrogen) atoms. The van der Waals surface area contributed by atoms with Gasteiger partial charge in [-0.05, 0) is 56.5 Å². The first kappa shape index (κ1) is 22.0. The van der Waals surface area contributed by atoms with Crippen LogP contribution in [0.25, 0.3) is 5.76 Å². The van der Waals surface area contributed by atoms with Crippen molar-refractivity contribution in [3.63, 3.8) is 0 Å². The predicted octanol–water partition coefficient (Wildman–Crippen LogP) is 0.526. The number of aliphatic hydroxyl groups is 3. The Hall–Kier alpha value is -3.17. The maximum Gasteiger partial charge on any atom is 0.255 e. The largest absolute Gasteiger partial charge is 0.508 e. The highest BCUT2D eigenvalue weighted by atomic mass is 16.3. The maximum absolute atomic E-state index is 13.6. The molecule has 0 aromatic heterocycles. The van der Waals surface area contributed by atoms with Gasteiger partial charge in [0.05, 0.1) is 11.6 Å². The summed E-state index contributed by atoms with van der Waals surface area (Å²) >= 11 is 0. The van der Waals surface area contributed by atoms with Crippen molar-refractivity contribution in [1.29, 1.82) is 0 Å². The third-order valence-corrected chi connectivity index (χ3v) is 7.08. The summed E-state index contributed by atoms with van der Waals surface area (Å²) in [6, 6.07) is 2.11. The lowest BCUT2D eigenvalue weighted by molar-refractivity contribution is -0.153. The number of aliphatic hydroxyl groups excluding tert-OH is 2. The Labute approximate surface area is 184 Å². The van der Waals surface area contributed by atoms with Crippen LogP contribution in [0.4, 0.5) is 0 Å². The second kappa shape index (κ2) is 7.18. The van der Waals surface area contributed by atoms with Crippen LogP contribution in [-0.4, -0.2) is 68.5 Å². The lowest BCUT2D eigenvalue weighted by atomic mass is 9.57. The van der Waals surface area contributed by atoms with Gasteiger partial charge in [0.25, 0.3) is 5.91 Å². The smallest absolute Gasteiger partial charge is 0.255 e. The lowest BCUT2D eigenvalue weighted by Gasteiger charge is -2.50. The molecule has 0 saturated heterocycles. The fourth-order valence-electron chi connectivity index (χ4n) is 5.64. The molecule has 1 aromatic carbocycles. The van der Waals surface area contributed by atoms with Gasteiger partial charge in [0.1, 0.15) is 22.8 Å². The summed E-state index contributed by atoms with van der Waals surface area (Å²) in [5, 5.41) is 43.7. The van der Waals surface area contributed by atoms with Crippen LogP contribution in [0.15, 0.2) is 29.0 Å². The molecule has 1 aromatic rings. The van der Waals surface area contributed by atoms with E-state index in [1.54, 1.807) is 20.2 Å². The predicted molar refractivity (Wildman–Crippen MR) is 114 cm³/mol. The quantitative estimate of drug-likeness (QED) is 0.424. The number of amides is 1. The number of aryl methyl sites for hydroxylation is 1. The van der Waals surface area contributed by atoms with Crippen LogP contribution in [-0.2, 0) is 27.2 Å². The number of likely N-dealkylation sites (N-methyl/N-ethyl adjacent to an activating group) is 1. The van der Waals surface area contributed by atoms with Crippen LogP contribution < -0.4 is 5.73 Å². The van der Waals surface area contributed by atoms with Gasteiger partial charge in [0.15, 0.2) is 11.4 Å². The Morgan fingerprint density at radius 2 is 1.88 bits per heavy atom. The molecule has 1 amide bonds. The van der Waals surface area contributed by atoms with Crippen LogP contribution in [0.2, 0.25) is 0 Å². The third-order valence-electron chi connectivity index (χ3n) is 7.08. The Bertz CT molecular complexity index is 1130. The van der Waals surface area contributed by atoms with E-state index in [0.717, 1.165) is 5.56 Å². The number of ketones is 2. The van der Waals surface area contributed by atoms with Crippen molar-refractivity contribution in [3.8, 4) is 5.75 Å². The highest BCUT2D eigenvalue weighted by Gasteiger charge is 2.64. The van der Waals surface area contributed by atoms with Gasteiger partial charge in [-0.1, -0.05) is 13.0 Å². The molecule has 0 bridgehead atoms. The zero-order valence-corrected chi connectivity index (χ0v) is 18.0. The second-order valence-electron chi connectivity index (χ2n) is 8.91. The molecule has 1 saturated carbocycles. The molecule has 0 unspecified atom stereocenters. The Balaban J connectivity index is 1.99. The highest BCUT2D eigenvalue weighted by Crippen LogP contribution is 2.52. The number of primary amides is 1. The Morgan fingerprint density at radius 3 is 2.44 bits per heavy atom. The van der Waals surface area contributed by atoms with Crippen molar-refractivity contribution in [1.82, 2.24) is 4.90 Å². The molecule has 170 valence electrons. The summed E-state index contributed by atoms with van der Waals surface area (Å²) in [5.74, 6) is -6.38. The molecule has 4 rings (SSSR count). The minimum absolute atomic E-state index is 0.0879. The summed E-state index contributed by atoms with van der Waals surface area (Å²) in [4.78, 5) is 40.1. The van der Waals surface area contributed by atoms with Crippen LogP contribution in [0.5, 0.6) is 5.75 Å². The van der Waals surface area contributed by atoms with Gasteiger partial charge < -0.3 is 26.2 Å². The van der Waals surface area contributed by atoms with Gasteiger partial charge in [-0.15, -0.1) is 0 Å². The van der Waals surface area contributed by atoms with E-state index in [9.17, 15) is 34.8 Å². The van der Waals surface area contributed by atoms with E-state index >= 15 is 0 Å². The minimum atomic E-state index is -2.61. The van der Waals surface area contributed by atoms with Crippen molar-refractivity contribution in [3.05, 3.63) is 45.7 Å². The van der Waals surface area contributed by atoms with Gasteiger partial charge in [0, 0.05) is 11.5 Å². The van der Waals surface area contributed by atoms with Crippen molar-refractivity contribution in [2.75, 3.05) is 14.1 Å². The van der Waals surface area contributed by atoms with Crippen molar-refractivity contribution >= 4 is 23.2 Å². The SMILES string of the molecule is CCc1ccc(O)c2c1C[C@H]1C[C@@H]3[C@@H](N(C)C)C(=O)C(C(N)=O)=C(O)[C@@]3(O)C(=O)C1=C2O. The number of phenolic OH excluding ortho intramolecular Hbond substituents is 1. The molecule has 9 heteroatoms. The molecule has 0 spiro atoms. The molecule has 0 heterocycles. The number of phenols is 1. The normalized spacial score (nSPS) is 29.7. The minimum Gasteiger partial charge on any atom is -0.508 e. The summed E-state index contributed by atoms with van der Waals surface area (Å²) in [6.45, 7) is 1.93. The average molecular weight is 442 g/mol. The molecular formula is C23H26N2O7. The number of hydrogen-bond donors (Lipinski definition) is 5. The molecule has 3 aliphatic rings. The van der Waals surface area contributed by atoms with E-state index in [1.807, 2.05) is 6.92 Å². The molecule has 3 aliphatic carbocycles. The fourth-order valence-corrected chi connectivity index (χ4v) is 5.64. The van der Waals surface area contributed by atoms with Crippen LogP contribution in [0.3, 0.4) is 0 Å². The highest BCUT2D eigenvalue weighted by molar-refractivity contribution is 6.24. The molecular weight excluding hydrogens is 416 g/mol. The summed E-state index contributed by atoms with van der Waals surface area (Å²) < 4.78 is 0. The average Bonchev–Trinajstić information content (AvgIpc) is 2.70. The van der Waals surface area contributed by atoms with Gasteiger partial charge in [-0.3, -0.25) is 19.3 Å². The first-order chi connectivity index (χ1) is 15.0. The van der Waals surface area contributed by atoms with Crippen molar-refractivity contribution < 1.29 is 34.8 Å². The second-order valence-corrected chi connectivity index (χ2v) is 8.91. The number of carbonyl (C=O) groups is 3. The van der Waals surface area contributed by atoms with Crippen LogP contribution in [0.1, 0.15) is 30.0 Å². The zero-order chi connectivity index (χ0) is 23.7. The number of aromatic hydroxyl groups is 1. The summed E-state index contributed by atoms with van der Waals surface area (Å²) in [5.41, 5.74) is 3.47. The zero-order valence-electron chi connectivity index (χ0n) is 18.0. The van der Waals surface area contributed by atoms with Crippen LogP contribution >= 0.6 is 0 Å². The lowest BCUT2D eigenvalue weighted by Crippen LogP contribution is -2.65. The van der Waals surface area contributed by atoms with E-state index in [2.05, 4.69) is 0 Å². The third kappa shape index (κ3) is 2.67.